The number of benzene rings is 2. The van der Waals surface area contributed by atoms with Crippen molar-refractivity contribution in [1.82, 2.24) is 0 Å². The van der Waals surface area contributed by atoms with Crippen LogP contribution in [0.2, 0.25) is 5.02 Å². The highest BCUT2D eigenvalue weighted by Gasteiger charge is 2.35. The second-order valence-electron chi connectivity index (χ2n) is 6.54. The van der Waals surface area contributed by atoms with E-state index in [9.17, 15) is 24.5 Å². The minimum atomic E-state index is -0.594. The summed E-state index contributed by atoms with van der Waals surface area (Å²) in [5.74, 6) is -1.39. The monoisotopic (exact) mass is 416 g/mol. The number of nitro benzene ring substituents is 1. The number of nitro groups is 1. The quantitative estimate of drug-likeness (QED) is 0.572. The Morgan fingerprint density at radius 1 is 1.17 bits per heavy atom. The number of carbonyl (C=O) groups is 3. The number of nitrogens with zero attached hydrogens (tertiary/aromatic N) is 2. The fraction of sp³-hybridized carbons (Fsp3) is 0.211. The summed E-state index contributed by atoms with van der Waals surface area (Å²) < 4.78 is 0. The SMILES string of the molecule is CC(=O)Nc1ccc(N2CC(C(=O)Nc3ccc([N+](=O)[O-])cc3Cl)CC2=O)cc1. The first-order valence-electron chi connectivity index (χ1n) is 8.67. The van der Waals surface area contributed by atoms with Gasteiger partial charge < -0.3 is 15.5 Å². The molecule has 0 spiro atoms. The number of halogens is 1. The number of amides is 3. The largest absolute Gasteiger partial charge is 0.326 e. The fourth-order valence-corrected chi connectivity index (χ4v) is 3.24. The molecule has 0 aromatic heterocycles. The average Bonchev–Trinajstić information content (AvgIpc) is 3.05. The topological polar surface area (TPSA) is 122 Å². The lowest BCUT2D eigenvalue weighted by Crippen LogP contribution is -2.28. The van der Waals surface area contributed by atoms with E-state index in [4.69, 9.17) is 11.6 Å². The summed E-state index contributed by atoms with van der Waals surface area (Å²) in [6, 6.07) is 10.5. The lowest BCUT2D eigenvalue weighted by molar-refractivity contribution is -0.384. The molecular formula is C19H17ClN4O5. The van der Waals surface area contributed by atoms with Crippen LogP contribution in [0, 0.1) is 16.0 Å². The number of nitrogens with one attached hydrogen (secondary N) is 2. The van der Waals surface area contributed by atoms with E-state index >= 15 is 0 Å². The van der Waals surface area contributed by atoms with Crippen LogP contribution in [-0.2, 0) is 14.4 Å². The number of anilines is 3. The molecule has 0 saturated carbocycles. The average molecular weight is 417 g/mol. The van der Waals surface area contributed by atoms with Gasteiger partial charge in [0.15, 0.2) is 0 Å². The fourth-order valence-electron chi connectivity index (χ4n) is 3.01. The van der Waals surface area contributed by atoms with Crippen LogP contribution in [0.4, 0.5) is 22.7 Å². The summed E-state index contributed by atoms with van der Waals surface area (Å²) in [5, 5.41) is 16.1. The molecule has 29 heavy (non-hydrogen) atoms. The number of carbonyl (C=O) groups excluding carboxylic acids is 3. The van der Waals surface area contributed by atoms with Crippen LogP contribution in [-0.4, -0.2) is 29.2 Å². The molecule has 0 aliphatic carbocycles. The van der Waals surface area contributed by atoms with E-state index in [1.54, 1.807) is 24.3 Å². The Bertz CT molecular complexity index is 993. The Kier molecular flexibility index (Phi) is 5.79. The molecule has 2 aromatic carbocycles. The number of hydrogen-bond donors (Lipinski definition) is 2. The van der Waals surface area contributed by atoms with E-state index in [0.29, 0.717) is 11.4 Å². The lowest BCUT2D eigenvalue weighted by Gasteiger charge is -2.17. The third-order valence-corrected chi connectivity index (χ3v) is 4.73. The van der Waals surface area contributed by atoms with Crippen LogP contribution in [0.25, 0.3) is 0 Å². The molecule has 1 aliphatic heterocycles. The lowest BCUT2D eigenvalue weighted by atomic mass is 10.1. The Morgan fingerprint density at radius 2 is 1.86 bits per heavy atom. The molecule has 0 radical (unpaired) electrons. The zero-order valence-electron chi connectivity index (χ0n) is 15.3. The van der Waals surface area contributed by atoms with Crippen LogP contribution in [0.5, 0.6) is 0 Å². The molecule has 0 bridgehead atoms. The van der Waals surface area contributed by atoms with Gasteiger partial charge in [0.25, 0.3) is 5.69 Å². The van der Waals surface area contributed by atoms with E-state index in [2.05, 4.69) is 10.6 Å². The minimum absolute atomic E-state index is 0.0316. The first-order chi connectivity index (χ1) is 13.7. The third kappa shape index (κ3) is 4.69. The molecule has 1 aliphatic rings. The first-order valence-corrected chi connectivity index (χ1v) is 9.05. The molecule has 1 heterocycles. The normalized spacial score (nSPS) is 15.9. The highest BCUT2D eigenvalue weighted by Crippen LogP contribution is 2.30. The van der Waals surface area contributed by atoms with Crippen molar-refractivity contribution in [3.63, 3.8) is 0 Å². The zero-order valence-corrected chi connectivity index (χ0v) is 16.1. The predicted octanol–water partition coefficient (Wildman–Crippen LogP) is 3.20. The van der Waals surface area contributed by atoms with Gasteiger partial charge in [-0.3, -0.25) is 24.5 Å². The maximum absolute atomic E-state index is 12.6. The molecule has 3 rings (SSSR count). The Labute approximate surface area is 170 Å². The second-order valence-corrected chi connectivity index (χ2v) is 6.95. The van der Waals surface area contributed by atoms with E-state index in [-0.39, 0.29) is 41.2 Å². The van der Waals surface area contributed by atoms with Gasteiger partial charge >= 0.3 is 0 Å². The smallest absolute Gasteiger partial charge is 0.271 e. The number of rotatable bonds is 5. The molecular weight excluding hydrogens is 400 g/mol. The molecule has 150 valence electrons. The van der Waals surface area contributed by atoms with Crippen molar-refractivity contribution in [3.8, 4) is 0 Å². The van der Waals surface area contributed by atoms with Gasteiger partial charge in [-0.25, -0.2) is 0 Å². The summed E-state index contributed by atoms with van der Waals surface area (Å²) in [6.07, 6.45) is 0.0316. The molecule has 1 unspecified atom stereocenters. The van der Waals surface area contributed by atoms with Crippen LogP contribution in [0.1, 0.15) is 13.3 Å². The van der Waals surface area contributed by atoms with Gasteiger partial charge in [0.1, 0.15) is 0 Å². The van der Waals surface area contributed by atoms with Crippen molar-refractivity contribution >= 4 is 52.1 Å². The molecule has 2 aromatic rings. The van der Waals surface area contributed by atoms with Crippen molar-refractivity contribution in [1.29, 1.82) is 0 Å². The predicted molar refractivity (Wildman–Crippen MR) is 108 cm³/mol. The summed E-state index contributed by atoms with van der Waals surface area (Å²) in [4.78, 5) is 47.7. The molecule has 10 heteroatoms. The van der Waals surface area contributed by atoms with Crippen molar-refractivity contribution in [3.05, 3.63) is 57.6 Å². The Balaban J connectivity index is 1.67. The van der Waals surface area contributed by atoms with Crippen molar-refractivity contribution in [2.75, 3.05) is 22.1 Å². The number of hydrogen-bond acceptors (Lipinski definition) is 5. The van der Waals surface area contributed by atoms with Gasteiger partial charge in [-0.2, -0.15) is 0 Å². The Morgan fingerprint density at radius 3 is 2.45 bits per heavy atom. The molecule has 1 fully saturated rings. The minimum Gasteiger partial charge on any atom is -0.326 e. The Hall–Kier alpha value is -3.46. The third-order valence-electron chi connectivity index (χ3n) is 4.42. The van der Waals surface area contributed by atoms with Gasteiger partial charge in [0.05, 0.1) is 21.6 Å². The number of non-ortho nitro benzene ring substituents is 1. The summed E-state index contributed by atoms with van der Waals surface area (Å²) in [5.41, 5.74) is 1.29. The van der Waals surface area contributed by atoms with Gasteiger partial charge in [-0.05, 0) is 30.3 Å². The van der Waals surface area contributed by atoms with Gasteiger partial charge in [-0.15, -0.1) is 0 Å². The van der Waals surface area contributed by atoms with Crippen molar-refractivity contribution in [2.24, 2.45) is 5.92 Å². The van der Waals surface area contributed by atoms with Crippen LogP contribution < -0.4 is 15.5 Å². The van der Waals surface area contributed by atoms with Crippen LogP contribution in [0.15, 0.2) is 42.5 Å². The molecule has 1 saturated heterocycles. The summed E-state index contributed by atoms with van der Waals surface area (Å²) in [6.45, 7) is 1.59. The second kappa shape index (κ2) is 8.27. The van der Waals surface area contributed by atoms with Crippen LogP contribution in [0.3, 0.4) is 0 Å². The highest BCUT2D eigenvalue weighted by molar-refractivity contribution is 6.34. The summed E-state index contributed by atoms with van der Waals surface area (Å²) >= 11 is 6.00. The van der Waals surface area contributed by atoms with Crippen molar-refractivity contribution in [2.45, 2.75) is 13.3 Å². The highest BCUT2D eigenvalue weighted by atomic mass is 35.5. The first kappa shape index (κ1) is 20.3. The maximum Gasteiger partial charge on any atom is 0.271 e. The van der Waals surface area contributed by atoms with E-state index in [1.165, 1.54) is 24.0 Å². The van der Waals surface area contributed by atoms with E-state index < -0.39 is 16.7 Å². The van der Waals surface area contributed by atoms with Gasteiger partial charge in [0, 0.05) is 43.4 Å². The van der Waals surface area contributed by atoms with E-state index in [0.717, 1.165) is 6.07 Å². The molecule has 9 nitrogen and oxygen atoms in total. The molecule has 2 N–H and O–H groups in total. The standard InChI is InChI=1S/C19H17ClN4O5/c1-11(25)21-13-2-4-14(5-3-13)23-10-12(8-18(23)26)19(27)22-17-7-6-15(24(28)29)9-16(17)20/h2-7,9,12H,8,10H2,1H3,(H,21,25)(H,22,27). The maximum atomic E-state index is 12.6. The zero-order chi connectivity index (χ0) is 21.1. The summed E-state index contributed by atoms with van der Waals surface area (Å²) in [7, 11) is 0. The van der Waals surface area contributed by atoms with Crippen LogP contribution >= 0.6 is 11.6 Å². The van der Waals surface area contributed by atoms with Gasteiger partial charge in [-0.1, -0.05) is 11.6 Å². The van der Waals surface area contributed by atoms with Gasteiger partial charge in [0.2, 0.25) is 17.7 Å². The molecule has 1 atom stereocenters. The van der Waals surface area contributed by atoms with E-state index in [1.807, 2.05) is 0 Å². The molecule has 3 amide bonds. The van der Waals surface area contributed by atoms with Crippen molar-refractivity contribution < 1.29 is 19.3 Å².